The van der Waals surface area contributed by atoms with Crippen molar-refractivity contribution in [3.63, 3.8) is 0 Å². The van der Waals surface area contributed by atoms with Gasteiger partial charge in [0.1, 0.15) is 23.9 Å². The molecule has 14 nitrogen and oxygen atoms in total. The smallest absolute Gasteiger partial charge is 0.306 e. The van der Waals surface area contributed by atoms with E-state index >= 15 is 0 Å². The van der Waals surface area contributed by atoms with E-state index in [-0.39, 0.29) is 50.2 Å². The summed E-state index contributed by atoms with van der Waals surface area (Å²) in [5.41, 5.74) is 12.3. The van der Waals surface area contributed by atoms with Crippen LogP contribution in [0.5, 0.6) is 5.75 Å². The van der Waals surface area contributed by atoms with E-state index in [0.717, 1.165) is 0 Å². The van der Waals surface area contributed by atoms with Crippen LogP contribution in [0.1, 0.15) is 84.1 Å². The summed E-state index contributed by atoms with van der Waals surface area (Å²) in [7, 11) is 0. The lowest BCUT2D eigenvalue weighted by Crippen LogP contribution is -2.58. The minimum atomic E-state index is -1.20. The van der Waals surface area contributed by atoms with Gasteiger partial charge in [-0.15, -0.1) is 0 Å². The first-order valence-corrected chi connectivity index (χ1v) is 17.1. The zero-order valence-electron chi connectivity index (χ0n) is 28.8. The van der Waals surface area contributed by atoms with Crippen molar-refractivity contribution in [2.24, 2.45) is 23.3 Å². The molecule has 1 aliphatic rings. The molecule has 0 bridgehead atoms. The van der Waals surface area contributed by atoms with Crippen LogP contribution < -0.4 is 32.7 Å². The van der Waals surface area contributed by atoms with Crippen LogP contribution in [0.3, 0.4) is 0 Å². The number of aliphatic carboxylic acids is 1. The molecular weight excluding hydrogens is 632 g/mol. The van der Waals surface area contributed by atoms with Gasteiger partial charge in [-0.2, -0.15) is 0 Å². The predicted octanol–water partition coefficient (Wildman–Crippen LogP) is 1.19. The number of carbonyl (C=O) groups excluding carboxylic acids is 5. The molecule has 2 rings (SSSR count). The second-order valence-electron chi connectivity index (χ2n) is 13.1. The number of phenolic OH excluding ortho intramolecular Hbond substituents is 1. The maximum Gasteiger partial charge on any atom is 0.306 e. The van der Waals surface area contributed by atoms with Crippen molar-refractivity contribution < 1.29 is 39.0 Å². The lowest BCUT2D eigenvalue weighted by atomic mass is 9.89. The molecule has 0 radical (unpaired) electrons. The topological polar surface area (TPSA) is 243 Å². The number of amides is 4. The second kappa shape index (κ2) is 20.9. The van der Waals surface area contributed by atoms with Gasteiger partial charge in [-0.25, -0.2) is 0 Å². The Hall–Kier alpha value is -4.30. The van der Waals surface area contributed by atoms with Gasteiger partial charge in [-0.05, 0) is 81.5 Å². The molecule has 272 valence electrons. The normalized spacial score (nSPS) is 21.9. The minimum Gasteiger partial charge on any atom is -0.508 e. The van der Waals surface area contributed by atoms with Crippen LogP contribution in [-0.2, 0) is 35.2 Å². The molecule has 49 heavy (non-hydrogen) atoms. The number of carbonyl (C=O) groups is 6. The van der Waals surface area contributed by atoms with E-state index in [4.69, 9.17) is 11.5 Å². The Labute approximate surface area is 288 Å². The van der Waals surface area contributed by atoms with Crippen LogP contribution in [0.25, 0.3) is 0 Å². The fourth-order valence-corrected chi connectivity index (χ4v) is 5.57. The van der Waals surface area contributed by atoms with Crippen LogP contribution >= 0.6 is 0 Å². The molecule has 0 spiro atoms. The molecule has 10 N–H and O–H groups in total. The number of rotatable bonds is 16. The quantitative estimate of drug-likeness (QED) is 0.0912. The van der Waals surface area contributed by atoms with E-state index in [1.165, 1.54) is 12.1 Å². The SMILES string of the molecule is CCC[C@@H]1NC(=O)[C@@H](N)CC=CC[C@@H](C(=O)N[C@@H](Cc2ccc(O)cc2)C(=O)C[C@@H](CC(C)C)C(=O)O)NC(=O)[C@H](CCCCN)NC1=O. The Morgan fingerprint density at radius 2 is 1.53 bits per heavy atom. The molecule has 1 aliphatic heterocycles. The highest BCUT2D eigenvalue weighted by Gasteiger charge is 2.33. The van der Waals surface area contributed by atoms with Gasteiger partial charge in [0.2, 0.25) is 23.6 Å². The summed E-state index contributed by atoms with van der Waals surface area (Å²) in [6.07, 6.45) is 5.46. The highest BCUT2D eigenvalue weighted by atomic mass is 16.4. The molecule has 14 heteroatoms. The van der Waals surface area contributed by atoms with Gasteiger partial charge in [0.05, 0.1) is 18.0 Å². The van der Waals surface area contributed by atoms with Crippen molar-refractivity contribution in [3.05, 3.63) is 42.0 Å². The number of nitrogens with two attached hydrogens (primary N) is 2. The highest BCUT2D eigenvalue weighted by Crippen LogP contribution is 2.19. The van der Waals surface area contributed by atoms with Crippen molar-refractivity contribution in [1.29, 1.82) is 0 Å². The number of carboxylic acid groups (broad SMARTS) is 1. The highest BCUT2D eigenvalue weighted by molar-refractivity contribution is 5.96. The summed E-state index contributed by atoms with van der Waals surface area (Å²) < 4.78 is 0. The van der Waals surface area contributed by atoms with Gasteiger partial charge in [0, 0.05) is 6.42 Å². The zero-order valence-corrected chi connectivity index (χ0v) is 28.8. The van der Waals surface area contributed by atoms with Crippen LogP contribution in [0.15, 0.2) is 36.4 Å². The Balaban J connectivity index is 2.43. The Morgan fingerprint density at radius 3 is 2.14 bits per heavy atom. The van der Waals surface area contributed by atoms with E-state index in [9.17, 15) is 39.0 Å². The number of ketones is 1. The van der Waals surface area contributed by atoms with Gasteiger partial charge in [0.25, 0.3) is 0 Å². The maximum absolute atomic E-state index is 13.9. The number of unbranched alkanes of at least 4 members (excludes halogenated alkanes) is 1. The maximum atomic E-state index is 13.9. The molecule has 0 saturated carbocycles. The molecule has 0 unspecified atom stereocenters. The largest absolute Gasteiger partial charge is 0.508 e. The number of carboxylic acids is 1. The Morgan fingerprint density at radius 1 is 0.918 bits per heavy atom. The zero-order chi connectivity index (χ0) is 36.5. The predicted molar refractivity (Wildman–Crippen MR) is 184 cm³/mol. The van der Waals surface area contributed by atoms with E-state index in [1.807, 2.05) is 20.8 Å². The fraction of sp³-hybridized carbons (Fsp3) is 0.600. The minimum absolute atomic E-state index is 0.00985. The van der Waals surface area contributed by atoms with E-state index in [2.05, 4.69) is 21.3 Å². The molecular formula is C35H54N6O8. The van der Waals surface area contributed by atoms with Crippen molar-refractivity contribution in [2.75, 3.05) is 6.54 Å². The Bertz CT molecular complexity index is 1300. The molecule has 1 heterocycles. The molecule has 1 aromatic carbocycles. The first kappa shape index (κ1) is 40.9. The molecule has 6 atom stereocenters. The lowest BCUT2D eigenvalue weighted by molar-refractivity contribution is -0.144. The number of phenols is 1. The van der Waals surface area contributed by atoms with Crippen LogP contribution in [-0.4, -0.2) is 82.3 Å². The summed E-state index contributed by atoms with van der Waals surface area (Å²) >= 11 is 0. The average Bonchev–Trinajstić information content (AvgIpc) is 3.04. The van der Waals surface area contributed by atoms with Gasteiger partial charge in [0.15, 0.2) is 5.78 Å². The van der Waals surface area contributed by atoms with Crippen LogP contribution in [0, 0.1) is 11.8 Å². The van der Waals surface area contributed by atoms with Crippen molar-refractivity contribution in [1.82, 2.24) is 21.3 Å². The molecule has 0 saturated heterocycles. The van der Waals surface area contributed by atoms with Gasteiger partial charge in [-0.3, -0.25) is 28.8 Å². The standard InChI is InChI=1S/C35H54N6O8/c1-4-9-26-32(45)39-28(12-7-8-17-36)33(46)40-27(11-6-5-10-25(37)31(44)38-26)34(47)41-29(19-22-13-15-24(42)16-14-22)30(43)20-23(35(48)49)18-21(2)3/h5-6,13-16,21,23,25-29,42H,4,7-12,17-20,36-37H2,1-3H3,(H,38,44)(H,39,45)(H,40,46)(H,41,47)(H,48,49)/t23-,25+,26+,27+,28+,29+/m1/s1. The van der Waals surface area contributed by atoms with Crippen molar-refractivity contribution in [2.45, 2.75) is 115 Å². The molecule has 0 aliphatic carbocycles. The van der Waals surface area contributed by atoms with Gasteiger partial charge >= 0.3 is 5.97 Å². The molecule has 0 fully saturated rings. The summed E-state index contributed by atoms with van der Waals surface area (Å²) in [6.45, 7) is 5.94. The van der Waals surface area contributed by atoms with Crippen molar-refractivity contribution in [3.8, 4) is 5.75 Å². The first-order chi connectivity index (χ1) is 23.2. The summed E-state index contributed by atoms with van der Waals surface area (Å²) in [4.78, 5) is 79.2. The monoisotopic (exact) mass is 686 g/mol. The van der Waals surface area contributed by atoms with E-state index in [1.54, 1.807) is 24.3 Å². The van der Waals surface area contributed by atoms with E-state index in [0.29, 0.717) is 37.8 Å². The second-order valence-corrected chi connectivity index (χ2v) is 13.1. The Kier molecular flexibility index (Phi) is 17.5. The number of Topliss-reactive ketones (excluding diaryl/α,β-unsaturated/α-hetero) is 1. The number of hydrogen-bond donors (Lipinski definition) is 8. The number of benzene rings is 1. The third-order valence-corrected chi connectivity index (χ3v) is 8.32. The van der Waals surface area contributed by atoms with Crippen LogP contribution in [0.4, 0.5) is 0 Å². The number of hydrogen-bond acceptors (Lipinski definition) is 9. The van der Waals surface area contributed by atoms with E-state index < -0.39 is 71.5 Å². The number of aromatic hydroxyl groups is 1. The summed E-state index contributed by atoms with van der Waals surface area (Å²) in [5, 5.41) is 30.4. The average molecular weight is 687 g/mol. The third kappa shape index (κ3) is 14.4. The number of nitrogens with one attached hydrogen (secondary N) is 4. The fourth-order valence-electron chi connectivity index (χ4n) is 5.57. The summed E-state index contributed by atoms with van der Waals surface area (Å²) in [5.74, 6) is -4.95. The first-order valence-electron chi connectivity index (χ1n) is 17.1. The molecule has 0 aromatic heterocycles. The molecule has 1 aromatic rings. The van der Waals surface area contributed by atoms with Crippen LogP contribution in [0.2, 0.25) is 0 Å². The molecule has 4 amide bonds. The third-order valence-electron chi connectivity index (χ3n) is 8.32. The lowest BCUT2D eigenvalue weighted by Gasteiger charge is -2.27. The van der Waals surface area contributed by atoms with Crippen molar-refractivity contribution >= 4 is 35.4 Å². The van der Waals surface area contributed by atoms with Gasteiger partial charge in [-0.1, -0.05) is 51.5 Å². The summed E-state index contributed by atoms with van der Waals surface area (Å²) in [6, 6.07) is 0.792. The van der Waals surface area contributed by atoms with Gasteiger partial charge < -0.3 is 42.9 Å².